The molecule has 0 amide bonds. The van der Waals surface area contributed by atoms with Crippen LogP contribution in [0.3, 0.4) is 0 Å². The summed E-state index contributed by atoms with van der Waals surface area (Å²) in [4.78, 5) is 27.8. The minimum atomic E-state index is -1.66. The maximum absolute atomic E-state index is 12.2. The van der Waals surface area contributed by atoms with Crippen molar-refractivity contribution in [2.45, 2.75) is 33.1 Å². The molecule has 0 aliphatic rings. The van der Waals surface area contributed by atoms with Crippen LogP contribution in [-0.4, -0.2) is 28.6 Å². The Labute approximate surface area is 133 Å². The number of aliphatic carboxylic acids is 1. The normalized spacial score (nSPS) is 13.5. The minimum absolute atomic E-state index is 0.0853. The Morgan fingerprint density at radius 3 is 2.52 bits per heavy atom. The van der Waals surface area contributed by atoms with E-state index in [4.69, 9.17) is 27.9 Å². The van der Waals surface area contributed by atoms with Crippen LogP contribution in [0.25, 0.3) is 0 Å². The molecule has 0 aromatic carbocycles. The van der Waals surface area contributed by atoms with Gasteiger partial charge in [-0.15, -0.1) is 0 Å². The van der Waals surface area contributed by atoms with Crippen molar-refractivity contribution in [2.24, 2.45) is 5.41 Å². The molecule has 0 radical (unpaired) electrons. The van der Waals surface area contributed by atoms with E-state index >= 15 is 0 Å². The van der Waals surface area contributed by atoms with Crippen LogP contribution < -0.4 is 0 Å². The van der Waals surface area contributed by atoms with E-state index < -0.39 is 17.4 Å². The summed E-state index contributed by atoms with van der Waals surface area (Å²) in [5.74, 6) is -1.99. The third kappa shape index (κ3) is 4.08. The van der Waals surface area contributed by atoms with E-state index in [2.05, 4.69) is 4.98 Å². The van der Waals surface area contributed by atoms with E-state index in [9.17, 15) is 14.7 Å². The zero-order valence-corrected chi connectivity index (χ0v) is 13.4. The molecule has 0 saturated heterocycles. The van der Waals surface area contributed by atoms with Gasteiger partial charge >= 0.3 is 11.9 Å². The summed E-state index contributed by atoms with van der Waals surface area (Å²) >= 11 is 11.8. The Morgan fingerprint density at radius 1 is 1.38 bits per heavy atom. The molecule has 1 aromatic heterocycles. The number of carbonyl (C=O) groups is 2. The fourth-order valence-electron chi connectivity index (χ4n) is 2.12. The highest BCUT2D eigenvalue weighted by molar-refractivity contribution is 6.34. The summed E-state index contributed by atoms with van der Waals surface area (Å²) in [6.45, 7) is 3.55. The van der Waals surface area contributed by atoms with Crippen molar-refractivity contribution in [3.8, 4) is 0 Å². The molecular weight excluding hydrogens is 317 g/mol. The molecule has 1 N–H and O–H groups in total. The van der Waals surface area contributed by atoms with E-state index in [-0.39, 0.29) is 29.6 Å². The number of carbonyl (C=O) groups excluding carboxylic acids is 1. The molecule has 1 aromatic rings. The number of nitrogens with zero attached hydrogens (tertiary/aromatic N) is 1. The molecule has 5 nitrogen and oxygen atoms in total. The number of hydrogen-bond acceptors (Lipinski definition) is 4. The van der Waals surface area contributed by atoms with Gasteiger partial charge in [0, 0.05) is 17.6 Å². The Balaban J connectivity index is 3.22. The number of rotatable bonds is 7. The first kappa shape index (κ1) is 17.7. The van der Waals surface area contributed by atoms with Gasteiger partial charge in [0.15, 0.2) is 5.41 Å². The van der Waals surface area contributed by atoms with Gasteiger partial charge in [-0.3, -0.25) is 9.59 Å². The molecule has 1 rings (SSSR count). The lowest BCUT2D eigenvalue weighted by molar-refractivity contribution is -0.169. The van der Waals surface area contributed by atoms with Gasteiger partial charge in [0.2, 0.25) is 0 Å². The van der Waals surface area contributed by atoms with Crippen molar-refractivity contribution < 1.29 is 19.4 Å². The van der Waals surface area contributed by atoms with Crippen LogP contribution in [-0.2, 0) is 20.7 Å². The highest BCUT2D eigenvalue weighted by Crippen LogP contribution is 2.34. The first-order chi connectivity index (χ1) is 9.87. The summed E-state index contributed by atoms with van der Waals surface area (Å²) in [7, 11) is 0. The molecule has 116 valence electrons. The zero-order valence-electron chi connectivity index (χ0n) is 11.9. The SMILES string of the molecule is CCCC(Cc1cnc(Cl)cc1Cl)(C(=O)O)C(=O)OCC. The van der Waals surface area contributed by atoms with Crippen LogP contribution in [0.2, 0.25) is 10.2 Å². The fraction of sp³-hybridized carbons (Fsp3) is 0.500. The van der Waals surface area contributed by atoms with Crippen molar-refractivity contribution >= 4 is 35.1 Å². The standard InChI is InChI=1S/C14H17Cl2NO4/c1-3-5-14(12(18)19,13(20)21-4-2)7-9-8-17-11(16)6-10(9)15/h6,8H,3-5,7H2,1-2H3,(H,18,19). The Hall–Kier alpha value is -1.33. The van der Waals surface area contributed by atoms with Crippen LogP contribution >= 0.6 is 23.2 Å². The molecule has 0 spiro atoms. The number of esters is 1. The zero-order chi connectivity index (χ0) is 16.0. The lowest BCUT2D eigenvalue weighted by Crippen LogP contribution is -2.42. The molecule has 0 fully saturated rings. The first-order valence-corrected chi connectivity index (χ1v) is 7.33. The molecule has 7 heteroatoms. The van der Waals surface area contributed by atoms with Gasteiger partial charge in [0.05, 0.1) is 6.61 Å². The third-order valence-electron chi connectivity index (χ3n) is 3.14. The molecule has 21 heavy (non-hydrogen) atoms. The fourth-order valence-corrected chi connectivity index (χ4v) is 2.55. The highest BCUT2D eigenvalue weighted by Gasteiger charge is 2.47. The average molecular weight is 334 g/mol. The lowest BCUT2D eigenvalue weighted by atomic mass is 9.78. The second-order valence-corrected chi connectivity index (χ2v) is 5.43. The number of hydrogen-bond donors (Lipinski definition) is 1. The van der Waals surface area contributed by atoms with Crippen LogP contribution in [0.15, 0.2) is 12.3 Å². The first-order valence-electron chi connectivity index (χ1n) is 6.58. The third-order valence-corrected chi connectivity index (χ3v) is 3.70. The van der Waals surface area contributed by atoms with E-state index in [1.165, 1.54) is 12.3 Å². The predicted molar refractivity (Wildman–Crippen MR) is 79.6 cm³/mol. The number of carboxylic acids is 1. The summed E-state index contributed by atoms with van der Waals surface area (Å²) in [6, 6.07) is 1.42. The monoisotopic (exact) mass is 333 g/mol. The highest BCUT2D eigenvalue weighted by atomic mass is 35.5. The molecule has 1 atom stereocenters. The van der Waals surface area contributed by atoms with E-state index in [1.54, 1.807) is 13.8 Å². The summed E-state index contributed by atoms with van der Waals surface area (Å²) < 4.78 is 4.95. The number of pyridine rings is 1. The maximum Gasteiger partial charge on any atom is 0.323 e. The molecule has 0 aliphatic carbocycles. The number of ether oxygens (including phenoxy) is 1. The van der Waals surface area contributed by atoms with Crippen molar-refractivity contribution in [3.63, 3.8) is 0 Å². The maximum atomic E-state index is 12.2. The summed E-state index contributed by atoms with van der Waals surface area (Å²) in [5.41, 5.74) is -1.21. The molecule has 1 unspecified atom stereocenters. The summed E-state index contributed by atoms with van der Waals surface area (Å²) in [6.07, 6.45) is 1.97. The number of carboxylic acid groups (broad SMARTS) is 1. The van der Waals surface area contributed by atoms with E-state index in [1.807, 2.05) is 0 Å². The van der Waals surface area contributed by atoms with Crippen molar-refractivity contribution in [2.75, 3.05) is 6.61 Å². The second kappa shape index (κ2) is 7.61. The van der Waals surface area contributed by atoms with Crippen molar-refractivity contribution in [1.29, 1.82) is 0 Å². The van der Waals surface area contributed by atoms with Crippen molar-refractivity contribution in [3.05, 3.63) is 28.0 Å². The Bertz CT molecular complexity index is 536. The number of aromatic nitrogens is 1. The topological polar surface area (TPSA) is 76.5 Å². The number of halogens is 2. The molecule has 0 aliphatic heterocycles. The van der Waals surface area contributed by atoms with Crippen LogP contribution in [0.5, 0.6) is 0 Å². The summed E-state index contributed by atoms with van der Waals surface area (Å²) in [5, 5.41) is 10.1. The van der Waals surface area contributed by atoms with E-state index in [0.29, 0.717) is 12.0 Å². The smallest absolute Gasteiger partial charge is 0.323 e. The van der Waals surface area contributed by atoms with Gasteiger partial charge in [0.25, 0.3) is 0 Å². The van der Waals surface area contributed by atoms with Gasteiger partial charge in [-0.25, -0.2) is 4.98 Å². The molecular formula is C14H17Cl2NO4. The van der Waals surface area contributed by atoms with Crippen LogP contribution in [0.4, 0.5) is 0 Å². The lowest BCUT2D eigenvalue weighted by Gasteiger charge is -2.27. The van der Waals surface area contributed by atoms with Crippen LogP contribution in [0, 0.1) is 5.41 Å². The van der Waals surface area contributed by atoms with Gasteiger partial charge in [-0.1, -0.05) is 36.5 Å². The minimum Gasteiger partial charge on any atom is -0.480 e. The van der Waals surface area contributed by atoms with Gasteiger partial charge in [-0.2, -0.15) is 0 Å². The van der Waals surface area contributed by atoms with Gasteiger partial charge in [0.1, 0.15) is 5.15 Å². The van der Waals surface area contributed by atoms with Crippen molar-refractivity contribution in [1.82, 2.24) is 4.98 Å². The molecule has 1 heterocycles. The quantitative estimate of drug-likeness (QED) is 0.470. The van der Waals surface area contributed by atoms with Gasteiger partial charge < -0.3 is 9.84 Å². The van der Waals surface area contributed by atoms with Crippen LogP contribution in [0.1, 0.15) is 32.3 Å². The predicted octanol–water partition coefficient (Wildman–Crippen LogP) is 3.37. The van der Waals surface area contributed by atoms with Gasteiger partial charge in [-0.05, 0) is 25.0 Å². The van der Waals surface area contributed by atoms with E-state index in [0.717, 1.165) is 0 Å². The molecule has 0 saturated carbocycles. The Kier molecular flexibility index (Phi) is 6.42. The Morgan fingerprint density at radius 2 is 2.05 bits per heavy atom. The molecule has 0 bridgehead atoms. The largest absolute Gasteiger partial charge is 0.480 e. The average Bonchev–Trinajstić information content (AvgIpc) is 2.40. The second-order valence-electron chi connectivity index (χ2n) is 4.63.